The molecule has 0 atom stereocenters. The van der Waals surface area contributed by atoms with Crippen LogP contribution in [0.5, 0.6) is 0 Å². The topological polar surface area (TPSA) is 37.3 Å². The summed E-state index contributed by atoms with van der Waals surface area (Å²) in [6.45, 7) is 1.83. The molecule has 0 saturated heterocycles. The Morgan fingerprint density at radius 3 is 2.30 bits per heavy atom. The summed E-state index contributed by atoms with van der Waals surface area (Å²) in [5, 5.41) is 8.02. The van der Waals surface area contributed by atoms with E-state index in [1.807, 2.05) is 6.92 Å². The summed E-state index contributed by atoms with van der Waals surface area (Å²) in [7, 11) is 0. The quantitative estimate of drug-likeness (QED) is 0.307. The molecule has 1 N–H and O–H groups in total. The van der Waals surface area contributed by atoms with E-state index < -0.39 is 5.97 Å². The van der Waals surface area contributed by atoms with Crippen LogP contribution in [0.25, 0.3) is 0 Å². The Hall–Kier alpha value is 1.21. The van der Waals surface area contributed by atoms with E-state index >= 15 is 0 Å². The fraction of sp³-hybridized carbons (Fsp3) is 0.167. The molecule has 0 heterocycles. The van der Waals surface area contributed by atoms with E-state index in [-0.39, 0.29) is 71.6 Å². The molecule has 0 aliphatic carbocycles. The van der Waals surface area contributed by atoms with E-state index in [0.717, 1.165) is 6.08 Å². The van der Waals surface area contributed by atoms with E-state index in [0.29, 0.717) is 0 Å². The molecular weight excluding hydrogens is 167 g/mol. The second-order valence-electron chi connectivity index (χ2n) is 1.22. The Balaban J connectivity index is -0.0000000245. The van der Waals surface area contributed by atoms with Gasteiger partial charge in [-0.15, -0.1) is 0 Å². The van der Waals surface area contributed by atoms with Gasteiger partial charge < -0.3 is 9.39 Å². The number of aliphatic carboxylic acids is 1. The van der Waals surface area contributed by atoms with Crippen LogP contribution in [-0.4, -0.2) is 48.8 Å². The first-order valence-electron chi connectivity index (χ1n) is 2.29. The summed E-state index contributed by atoms with van der Waals surface area (Å²) in [5.74, 6) is -0.914. The maximum Gasteiger partial charge on any atom is 2.00 e. The molecule has 0 rings (SSSR count). The molecule has 4 heteroatoms. The maximum absolute atomic E-state index is 9.75. The molecule has 0 spiro atoms. The predicted molar refractivity (Wildman–Crippen MR) is 40.7 cm³/mol. The molecule has 0 aromatic carbocycles. The van der Waals surface area contributed by atoms with Crippen molar-refractivity contribution in [1.29, 1.82) is 0 Å². The van der Waals surface area contributed by atoms with Gasteiger partial charge in [0, 0.05) is 6.08 Å². The number of rotatable bonds is 2. The SMILES string of the molecule is C/C=C/C=C/C(=O)O.[Ca+2].[H-].[H-].[H-].[Na+]. The summed E-state index contributed by atoms with van der Waals surface area (Å²) in [5.41, 5.74) is 0. The van der Waals surface area contributed by atoms with Crippen molar-refractivity contribution in [2.75, 3.05) is 0 Å². The third-order valence-corrected chi connectivity index (χ3v) is 0.542. The molecule has 10 heavy (non-hydrogen) atoms. The molecule has 0 amide bonds. The molecule has 0 fully saturated rings. The largest absolute Gasteiger partial charge is 2.00 e. The first-order valence-corrected chi connectivity index (χ1v) is 2.29. The average Bonchev–Trinajstić information content (AvgIpc) is 1.66. The third-order valence-electron chi connectivity index (χ3n) is 0.542. The van der Waals surface area contributed by atoms with Gasteiger partial charge in [-0.2, -0.15) is 0 Å². The zero-order valence-electron chi connectivity index (χ0n) is 9.37. The Morgan fingerprint density at radius 1 is 1.50 bits per heavy atom. The number of hydrogen-bond donors (Lipinski definition) is 1. The molecule has 0 radical (unpaired) electrons. The van der Waals surface area contributed by atoms with Gasteiger partial charge in [-0.1, -0.05) is 18.2 Å². The molecule has 0 unspecified atom stereocenters. The van der Waals surface area contributed by atoms with Crippen molar-refractivity contribution in [3.63, 3.8) is 0 Å². The van der Waals surface area contributed by atoms with Crippen molar-refractivity contribution in [2.45, 2.75) is 6.92 Å². The van der Waals surface area contributed by atoms with Crippen molar-refractivity contribution in [2.24, 2.45) is 0 Å². The number of hydrogen-bond acceptors (Lipinski definition) is 1. The van der Waals surface area contributed by atoms with Gasteiger partial charge in [0.15, 0.2) is 0 Å². The summed E-state index contributed by atoms with van der Waals surface area (Å²) < 4.78 is 0. The molecule has 0 aromatic heterocycles. The average molecular weight is 178 g/mol. The van der Waals surface area contributed by atoms with Gasteiger partial charge in [0.05, 0.1) is 0 Å². The van der Waals surface area contributed by atoms with Crippen molar-refractivity contribution < 1.29 is 43.7 Å². The normalized spacial score (nSPS) is 8.90. The van der Waals surface area contributed by atoms with Gasteiger partial charge in [-0.3, -0.25) is 0 Å². The van der Waals surface area contributed by atoms with Crippen LogP contribution in [-0.2, 0) is 4.79 Å². The van der Waals surface area contributed by atoms with Gasteiger partial charge in [0.2, 0.25) is 0 Å². The summed E-state index contributed by atoms with van der Waals surface area (Å²) in [4.78, 5) is 9.75. The summed E-state index contributed by atoms with van der Waals surface area (Å²) >= 11 is 0. The Bertz CT molecular complexity index is 142. The summed E-state index contributed by atoms with van der Waals surface area (Å²) in [6.07, 6.45) is 5.98. The zero-order valence-corrected chi connectivity index (χ0v) is 10.6. The number of carboxylic acid groups (broad SMARTS) is 1. The first kappa shape index (κ1) is 17.3. The van der Waals surface area contributed by atoms with Crippen LogP contribution in [0.1, 0.15) is 11.2 Å². The minimum Gasteiger partial charge on any atom is -1.00 e. The number of carbonyl (C=O) groups is 1. The van der Waals surface area contributed by atoms with Crippen LogP contribution in [0.15, 0.2) is 24.3 Å². The van der Waals surface area contributed by atoms with Gasteiger partial charge in [0.1, 0.15) is 0 Å². The van der Waals surface area contributed by atoms with Crippen molar-refractivity contribution in [3.8, 4) is 0 Å². The van der Waals surface area contributed by atoms with Crippen LogP contribution in [0.3, 0.4) is 0 Å². The number of allylic oxidation sites excluding steroid dienone is 3. The first-order chi connectivity index (χ1) is 3.77. The molecule has 0 aliphatic rings. The molecule has 0 bridgehead atoms. The van der Waals surface area contributed by atoms with E-state index in [2.05, 4.69) is 0 Å². The van der Waals surface area contributed by atoms with E-state index in [4.69, 9.17) is 5.11 Å². The third kappa shape index (κ3) is 16.1. The van der Waals surface area contributed by atoms with Crippen molar-refractivity contribution in [3.05, 3.63) is 24.3 Å². The second kappa shape index (κ2) is 12.8. The van der Waals surface area contributed by atoms with E-state index in [1.54, 1.807) is 12.2 Å². The Labute approximate surface area is 117 Å². The fourth-order valence-electron chi connectivity index (χ4n) is 0.249. The van der Waals surface area contributed by atoms with Gasteiger partial charge >= 0.3 is 73.3 Å². The van der Waals surface area contributed by atoms with Gasteiger partial charge in [-0.05, 0) is 6.92 Å². The van der Waals surface area contributed by atoms with Crippen LogP contribution < -0.4 is 29.6 Å². The Morgan fingerprint density at radius 2 is 2.00 bits per heavy atom. The molecule has 0 aliphatic heterocycles. The standard InChI is InChI=1S/C6H8O2.Ca.Na.3H/c1-2-3-4-5-6(7)8;;;;;/h2-5H,1H3,(H,7,8);;;;;/q;+2;+1;3*-1/b3-2+,5-4+;;;;;. The minimum absolute atomic E-state index is 0. The predicted octanol–water partition coefficient (Wildman–Crippen LogP) is -1.84. The Kier molecular flexibility index (Phi) is 22.3. The van der Waals surface area contributed by atoms with Gasteiger partial charge in [-0.25, -0.2) is 4.79 Å². The second-order valence-corrected chi connectivity index (χ2v) is 1.22. The van der Waals surface area contributed by atoms with Gasteiger partial charge in [0.25, 0.3) is 0 Å². The number of carboxylic acids is 1. The van der Waals surface area contributed by atoms with Crippen LogP contribution >= 0.6 is 0 Å². The molecule has 0 saturated carbocycles. The zero-order chi connectivity index (χ0) is 6.41. The van der Waals surface area contributed by atoms with Crippen LogP contribution in [0, 0.1) is 0 Å². The molecule has 2 nitrogen and oxygen atoms in total. The fourth-order valence-corrected chi connectivity index (χ4v) is 0.249. The minimum atomic E-state index is -0.914. The summed E-state index contributed by atoms with van der Waals surface area (Å²) in [6, 6.07) is 0. The maximum atomic E-state index is 9.75. The smallest absolute Gasteiger partial charge is 1.00 e. The van der Waals surface area contributed by atoms with Crippen molar-refractivity contribution >= 4 is 43.7 Å². The van der Waals surface area contributed by atoms with E-state index in [9.17, 15) is 4.79 Å². The molecular formula is C6H11CaNaO2. The van der Waals surface area contributed by atoms with Crippen LogP contribution in [0.4, 0.5) is 0 Å². The molecule has 50 valence electrons. The van der Waals surface area contributed by atoms with Crippen molar-refractivity contribution in [1.82, 2.24) is 0 Å². The monoisotopic (exact) mass is 178 g/mol. The van der Waals surface area contributed by atoms with E-state index in [1.165, 1.54) is 6.08 Å². The molecule has 0 aromatic rings. The van der Waals surface area contributed by atoms with Crippen LogP contribution in [0.2, 0.25) is 0 Å².